The molecule has 0 spiro atoms. The first kappa shape index (κ1) is 43.1. The van der Waals surface area contributed by atoms with Crippen molar-refractivity contribution in [2.24, 2.45) is 0 Å². The molecular formula is C109H72FN13. The molecule has 0 aliphatic heterocycles. The topological polar surface area (TPSA) is 160 Å². The maximum atomic E-state index is 16.2. The van der Waals surface area contributed by atoms with Crippen LogP contribution in [0.25, 0.3) is 198 Å². The van der Waals surface area contributed by atoms with Crippen molar-refractivity contribution in [1.82, 2.24) is 64.4 Å². The van der Waals surface area contributed by atoms with Gasteiger partial charge in [0.25, 0.3) is 0 Å². The zero-order valence-electron chi connectivity index (χ0n) is 103. The molecule has 0 fully saturated rings. The molecule has 14 heteroatoms. The Kier molecular flexibility index (Phi) is 12.0. The van der Waals surface area contributed by atoms with Crippen LogP contribution in [0.4, 0.5) is 4.39 Å². The van der Waals surface area contributed by atoms with Gasteiger partial charge in [0.15, 0.2) is 69.9 Å². The number of para-hydroxylation sites is 1. The van der Waals surface area contributed by atoms with Crippen molar-refractivity contribution in [3.63, 3.8) is 0 Å². The predicted molar refractivity (Wildman–Crippen MR) is 492 cm³/mol. The van der Waals surface area contributed by atoms with E-state index < -0.39 is 356 Å². The van der Waals surface area contributed by atoms with Crippen molar-refractivity contribution in [2.45, 2.75) is 6.42 Å². The normalized spacial score (nSPS) is 15.8. The standard InChI is InChI=1S/C54H35N7.C36H23FN6.C19H14/c1-6-18-36(19-7-1)41-30-32-47-44(34-41)43-28-16-17-29-46(43)61(47)48-33-31-42(53-57-49(37-20-8-2-9-21-37)55-50(58-53)38-22-10-3-11-23-38)35-45(48)54-59-51(39-24-12-4-13-25-39)56-52(60-54)40-26-14-5-15-27-40;37-30-22-21-28(35-40-31(24-13-5-1-6-14-24)38-32(41-35)25-15-7-2-8-16-25)23-29(30)36-42-33(26-17-9-3-10-18-26)39-34(43-36)27-19-11-4-12-20-27;1-2-6-14(7-3-1)15-10-11-17-12-16-8-4-5-9-18(16)19(17)13-15/h1-35H;1-23H;1-11,13H,12H2/i2D,3D,4D,5D,8D,9D,10D,11D,12D,13D,14D,15D,20D,21D,22D,23D,24D,25D,26D,27D;1D,2D,3D,4D,5D,6D,7D,8D,9D,10D,11D,12D,13D,14D,15D,16D,17D,18D,19D,20D;. The molecular weight excluding hydrogens is 1510 g/mol. The summed E-state index contributed by atoms with van der Waals surface area (Å²) in [6.07, 6.45) is 1.07. The van der Waals surface area contributed by atoms with Gasteiger partial charge in [-0.1, -0.05) is 363 Å². The minimum atomic E-state index is -1.10. The van der Waals surface area contributed by atoms with E-state index in [0.29, 0.717) is 11.0 Å². The number of hydrogen-bond acceptors (Lipinski definition) is 12. The molecule has 22 rings (SSSR count). The first-order valence-corrected chi connectivity index (χ1v) is 37.4. The van der Waals surface area contributed by atoms with E-state index in [-0.39, 0.29) is 34.0 Å². The molecule has 0 saturated carbocycles. The molecule has 1 aliphatic carbocycles. The largest absolute Gasteiger partial charge is 0.309 e. The summed E-state index contributed by atoms with van der Waals surface area (Å²) in [5.41, 5.74) is 6.31. The minimum Gasteiger partial charge on any atom is -0.309 e. The van der Waals surface area contributed by atoms with Gasteiger partial charge >= 0.3 is 0 Å². The summed E-state index contributed by atoms with van der Waals surface area (Å²) in [4.78, 5) is 53.2. The second kappa shape index (κ2) is 34.1. The van der Waals surface area contributed by atoms with Gasteiger partial charge in [-0.2, -0.15) is 0 Å². The van der Waals surface area contributed by atoms with E-state index in [9.17, 15) is 0 Å². The van der Waals surface area contributed by atoms with Crippen LogP contribution in [0, 0.1) is 5.82 Å². The van der Waals surface area contributed by atoms with Crippen molar-refractivity contribution in [1.29, 1.82) is 0 Å². The molecule has 21 aromatic rings. The monoisotopic (exact) mass is 1620 g/mol. The molecule has 16 aromatic carbocycles. The Morgan fingerprint density at radius 1 is 0.203 bits per heavy atom. The number of fused-ring (bicyclic) bond motifs is 6. The van der Waals surface area contributed by atoms with Crippen molar-refractivity contribution >= 4 is 21.8 Å². The number of hydrogen-bond donors (Lipinski definition) is 0. The van der Waals surface area contributed by atoms with E-state index in [1.54, 1.807) is 6.07 Å². The fraction of sp³-hybridized carbons (Fsp3) is 0.00917. The average Bonchev–Trinajstić information content (AvgIpc) is 1.58. The van der Waals surface area contributed by atoms with Gasteiger partial charge in [0.05, 0.1) is 77.1 Å². The number of benzene rings is 16. The Morgan fingerprint density at radius 3 is 0.911 bits per heavy atom. The van der Waals surface area contributed by atoms with Gasteiger partial charge in [0.1, 0.15) is 5.82 Å². The van der Waals surface area contributed by atoms with Gasteiger partial charge in [-0.15, -0.1) is 0 Å². The SMILES string of the molecule is [2H]c1c([2H])c([2H])c(-c2nc(-c3ccc(-n4c5ccccc5c5cc(-c6ccccc6)ccc54)c(-c4nc(-c5c([2H])c([2H])c([2H])c([2H])c5[2H])nc(-c5c([2H])c([2H])c([2H])c([2H])c5[2H])n4)c3)nc(-c3c([2H])c([2H])c([2H])c([2H])c3[2H])n2)c([2H])c1[2H].[2H]c1c([2H])c([2H])c(-c2nc(-c3ccc(F)c(-c4nc(-c5c([2H])c([2H])c([2H])c([2H])c5[2H])nc(-c5c([2H])c([2H])c([2H])c([2H])c5[2H])n4)c3)nc(-c3c([2H])c([2H])c([2H])c([2H])c3[2H])n2)c([2H])c1[2H].c1ccc(-c2ccc3c(c2)-c2ccccc2C3)cc1. The van der Waals surface area contributed by atoms with E-state index in [0.717, 1.165) is 46.5 Å². The van der Waals surface area contributed by atoms with Crippen LogP contribution in [0.2, 0.25) is 0 Å². The third-order valence-corrected chi connectivity index (χ3v) is 19.2. The maximum Gasteiger partial charge on any atom is 0.167 e. The molecule has 123 heavy (non-hydrogen) atoms. The van der Waals surface area contributed by atoms with Crippen molar-refractivity contribution < 1.29 is 59.2 Å². The molecule has 580 valence electrons. The van der Waals surface area contributed by atoms with Gasteiger partial charge < -0.3 is 4.57 Å². The number of nitrogens with zero attached hydrogens (tertiary/aromatic N) is 13. The van der Waals surface area contributed by atoms with Crippen LogP contribution in [0.15, 0.2) is 424 Å². The minimum absolute atomic E-state index is 0.000329. The highest BCUT2D eigenvalue weighted by Gasteiger charge is 2.25. The summed E-state index contributed by atoms with van der Waals surface area (Å²) in [6.45, 7) is 0. The summed E-state index contributed by atoms with van der Waals surface area (Å²) in [7, 11) is 0. The van der Waals surface area contributed by atoms with Crippen molar-refractivity contribution in [3.05, 3.63) is 441 Å². The first-order chi connectivity index (χ1) is 77.4. The summed E-state index contributed by atoms with van der Waals surface area (Å²) >= 11 is 0. The number of aromatic nitrogens is 13. The van der Waals surface area contributed by atoms with Gasteiger partial charge in [-0.3, -0.25) is 0 Å². The van der Waals surface area contributed by atoms with Crippen molar-refractivity contribution in [2.75, 3.05) is 0 Å². The molecule has 1 aliphatic rings. The summed E-state index contributed by atoms with van der Waals surface area (Å²) in [5.74, 6) is -7.92. The third-order valence-electron chi connectivity index (χ3n) is 19.2. The van der Waals surface area contributed by atoms with Crippen LogP contribution in [0.5, 0.6) is 0 Å². The Bertz CT molecular complexity index is 9450. The average molecular weight is 1620 g/mol. The lowest BCUT2D eigenvalue weighted by atomic mass is 9.99. The van der Waals surface area contributed by atoms with Crippen LogP contribution in [-0.4, -0.2) is 64.4 Å². The molecule has 0 radical (unpaired) electrons. The lowest BCUT2D eigenvalue weighted by Crippen LogP contribution is -2.05. The van der Waals surface area contributed by atoms with Crippen LogP contribution in [0.1, 0.15) is 66.0 Å². The fourth-order valence-corrected chi connectivity index (χ4v) is 13.7. The summed E-state index contributed by atoms with van der Waals surface area (Å²) < 4.78 is 358. The molecule has 13 nitrogen and oxygen atoms in total. The molecule has 5 aromatic heterocycles. The van der Waals surface area contributed by atoms with Crippen LogP contribution < -0.4 is 0 Å². The zero-order valence-corrected chi connectivity index (χ0v) is 63.2. The van der Waals surface area contributed by atoms with E-state index in [1.807, 2.05) is 77.4 Å². The zero-order chi connectivity index (χ0) is 117. The smallest absolute Gasteiger partial charge is 0.167 e. The molecule has 0 amide bonds. The third kappa shape index (κ3) is 16.0. The van der Waals surface area contributed by atoms with Gasteiger partial charge in [-0.05, 0) is 112 Å². The first-order valence-electron chi connectivity index (χ1n) is 57.4. The highest BCUT2D eigenvalue weighted by atomic mass is 19.1. The Labute approximate surface area is 766 Å². The van der Waals surface area contributed by atoms with Crippen LogP contribution in [0.3, 0.4) is 0 Å². The van der Waals surface area contributed by atoms with E-state index >= 15 is 4.39 Å². The van der Waals surface area contributed by atoms with E-state index in [2.05, 4.69) is 123 Å². The lowest BCUT2D eigenvalue weighted by molar-refractivity contribution is 0.630. The van der Waals surface area contributed by atoms with Crippen molar-refractivity contribution in [3.8, 4) is 176 Å². The quantitative estimate of drug-likeness (QED) is 0.0957. The second-order valence-corrected chi connectivity index (χ2v) is 26.7. The summed E-state index contributed by atoms with van der Waals surface area (Å²) in [6, 6.07) is 25.7. The second-order valence-electron chi connectivity index (χ2n) is 26.7. The van der Waals surface area contributed by atoms with Crippen LogP contribution >= 0.6 is 0 Å². The Morgan fingerprint density at radius 2 is 0.496 bits per heavy atom. The Hall–Kier alpha value is -16.7. The van der Waals surface area contributed by atoms with E-state index in [4.69, 9.17) is 64.8 Å². The predicted octanol–water partition coefficient (Wildman–Crippen LogP) is 25.9. The summed E-state index contributed by atoms with van der Waals surface area (Å²) in [5, 5.41) is 1.56. The highest BCUT2D eigenvalue weighted by molar-refractivity contribution is 6.11. The molecule has 0 N–H and O–H groups in total. The van der Waals surface area contributed by atoms with Gasteiger partial charge in [0.2, 0.25) is 0 Å². The van der Waals surface area contributed by atoms with Gasteiger partial charge in [-0.25, -0.2) is 64.2 Å². The molecule has 0 atom stereocenters. The highest BCUT2D eigenvalue weighted by Crippen LogP contribution is 2.43. The Balaban J connectivity index is 0.000000169. The maximum absolute atomic E-state index is 16.2. The number of rotatable bonds is 15. The molecule has 0 unspecified atom stereocenters. The molecule has 0 saturated heterocycles. The van der Waals surface area contributed by atoms with Gasteiger partial charge in [0, 0.05) is 72.0 Å². The van der Waals surface area contributed by atoms with Crippen LogP contribution in [-0.2, 0) is 6.42 Å². The fourth-order valence-electron chi connectivity index (χ4n) is 13.7. The molecule has 0 bridgehead atoms. The lowest BCUT2D eigenvalue weighted by Gasteiger charge is -2.16. The number of halogens is 1. The molecule has 5 heterocycles. The van der Waals surface area contributed by atoms with E-state index in [1.165, 1.54) is 45.5 Å².